The van der Waals surface area contributed by atoms with Crippen LogP contribution in [0.25, 0.3) is 0 Å². The van der Waals surface area contributed by atoms with Gasteiger partial charge in [-0.1, -0.05) is 6.92 Å². The Morgan fingerprint density at radius 3 is 2.86 bits per heavy atom. The second-order valence-electron chi connectivity index (χ2n) is 3.74. The van der Waals surface area contributed by atoms with Crippen molar-refractivity contribution < 1.29 is 5.11 Å². The maximum Gasteiger partial charge on any atom is 0.202 e. The van der Waals surface area contributed by atoms with Crippen LogP contribution in [0.5, 0.6) is 0 Å². The molecular weight excluding hydrogens is 178 g/mol. The first-order valence-electron chi connectivity index (χ1n) is 5.06. The predicted molar refractivity (Wildman–Crippen MR) is 57.3 cm³/mol. The summed E-state index contributed by atoms with van der Waals surface area (Å²) in [5, 5.41) is 12.9. The van der Waals surface area contributed by atoms with Crippen LogP contribution >= 0.6 is 0 Å². The summed E-state index contributed by atoms with van der Waals surface area (Å²) in [4.78, 5) is 4.17. The highest BCUT2D eigenvalue weighted by Gasteiger charge is 2.17. The molecule has 0 bridgehead atoms. The lowest BCUT2D eigenvalue weighted by atomic mass is 10.0. The number of hydrogen-bond acceptors (Lipinski definition) is 3. The van der Waals surface area contributed by atoms with E-state index in [1.54, 1.807) is 6.20 Å². The Kier molecular flexibility index (Phi) is 3.52. The number of aliphatic hydroxyl groups is 1. The van der Waals surface area contributed by atoms with Crippen molar-refractivity contribution >= 4 is 5.95 Å². The minimum Gasteiger partial charge on any atom is -0.388 e. The molecule has 1 heterocycles. The van der Waals surface area contributed by atoms with Gasteiger partial charge in [0.15, 0.2) is 0 Å². The standard InChI is InChI=1S/C10H19N3O/c1-4-10(3,14)8-12-9-11-6-7-13(9)5-2/h6-7,14H,4-5,8H2,1-3H3,(H,11,12). The van der Waals surface area contributed by atoms with Crippen LogP contribution in [0.1, 0.15) is 27.2 Å². The molecule has 1 rings (SSSR count). The third-order valence-corrected chi connectivity index (χ3v) is 2.45. The first-order chi connectivity index (χ1) is 6.59. The van der Waals surface area contributed by atoms with Crippen LogP contribution in [-0.2, 0) is 6.54 Å². The van der Waals surface area contributed by atoms with Crippen LogP contribution in [0.4, 0.5) is 5.95 Å². The van der Waals surface area contributed by atoms with E-state index >= 15 is 0 Å². The van der Waals surface area contributed by atoms with Gasteiger partial charge in [0.25, 0.3) is 0 Å². The van der Waals surface area contributed by atoms with E-state index in [1.807, 2.05) is 24.6 Å². The topological polar surface area (TPSA) is 50.1 Å². The number of nitrogens with one attached hydrogen (secondary N) is 1. The van der Waals surface area contributed by atoms with Crippen molar-refractivity contribution in [2.75, 3.05) is 11.9 Å². The molecule has 0 saturated carbocycles. The Labute approximate surface area is 85.0 Å². The van der Waals surface area contributed by atoms with Crippen LogP contribution in [0, 0.1) is 0 Å². The van der Waals surface area contributed by atoms with Gasteiger partial charge in [-0.15, -0.1) is 0 Å². The van der Waals surface area contributed by atoms with Crippen LogP contribution < -0.4 is 5.32 Å². The molecule has 0 amide bonds. The van der Waals surface area contributed by atoms with E-state index in [1.165, 1.54) is 0 Å². The molecule has 0 fully saturated rings. The fourth-order valence-corrected chi connectivity index (χ4v) is 1.13. The van der Waals surface area contributed by atoms with Crippen molar-refractivity contribution in [3.05, 3.63) is 12.4 Å². The minimum absolute atomic E-state index is 0.528. The van der Waals surface area contributed by atoms with Crippen molar-refractivity contribution in [3.63, 3.8) is 0 Å². The van der Waals surface area contributed by atoms with E-state index < -0.39 is 5.60 Å². The van der Waals surface area contributed by atoms with Crippen molar-refractivity contribution in [2.45, 2.75) is 39.3 Å². The highest BCUT2D eigenvalue weighted by molar-refractivity contribution is 5.26. The molecule has 0 aliphatic heterocycles. The monoisotopic (exact) mass is 197 g/mol. The lowest BCUT2D eigenvalue weighted by Crippen LogP contribution is -2.33. The molecule has 4 nitrogen and oxygen atoms in total. The quantitative estimate of drug-likeness (QED) is 0.751. The van der Waals surface area contributed by atoms with Gasteiger partial charge >= 0.3 is 0 Å². The Morgan fingerprint density at radius 2 is 2.29 bits per heavy atom. The molecule has 0 saturated heterocycles. The lowest BCUT2D eigenvalue weighted by Gasteiger charge is -2.22. The van der Waals surface area contributed by atoms with Gasteiger partial charge in [-0.25, -0.2) is 4.98 Å². The number of nitrogens with zero attached hydrogens (tertiary/aromatic N) is 2. The average Bonchev–Trinajstić information content (AvgIpc) is 2.62. The summed E-state index contributed by atoms with van der Waals surface area (Å²) < 4.78 is 2.01. The third-order valence-electron chi connectivity index (χ3n) is 2.45. The molecule has 2 N–H and O–H groups in total. The van der Waals surface area contributed by atoms with Crippen molar-refractivity contribution in [1.82, 2.24) is 9.55 Å². The highest BCUT2D eigenvalue weighted by Crippen LogP contribution is 2.10. The summed E-state index contributed by atoms with van der Waals surface area (Å²) in [6.07, 6.45) is 4.41. The normalized spacial score (nSPS) is 15.1. The van der Waals surface area contributed by atoms with Crippen LogP contribution in [0.3, 0.4) is 0 Å². The average molecular weight is 197 g/mol. The summed E-state index contributed by atoms with van der Waals surface area (Å²) in [6.45, 7) is 7.26. The van der Waals surface area contributed by atoms with Gasteiger partial charge in [0.1, 0.15) is 0 Å². The Hall–Kier alpha value is -1.03. The molecule has 4 heteroatoms. The van der Waals surface area contributed by atoms with Crippen LogP contribution in [0.2, 0.25) is 0 Å². The zero-order valence-corrected chi connectivity index (χ0v) is 9.12. The number of aryl methyl sites for hydroxylation is 1. The molecular formula is C10H19N3O. The third kappa shape index (κ3) is 2.73. The van der Waals surface area contributed by atoms with Crippen molar-refractivity contribution in [1.29, 1.82) is 0 Å². The molecule has 0 aliphatic rings. The molecule has 1 atom stereocenters. The summed E-state index contributed by atoms with van der Waals surface area (Å²) >= 11 is 0. The smallest absolute Gasteiger partial charge is 0.202 e. The highest BCUT2D eigenvalue weighted by atomic mass is 16.3. The molecule has 1 unspecified atom stereocenters. The number of aromatic nitrogens is 2. The first kappa shape index (κ1) is 11.0. The van der Waals surface area contributed by atoms with Gasteiger partial charge < -0.3 is 15.0 Å². The van der Waals surface area contributed by atoms with Gasteiger partial charge in [-0.2, -0.15) is 0 Å². The van der Waals surface area contributed by atoms with Crippen molar-refractivity contribution in [3.8, 4) is 0 Å². The molecule has 0 spiro atoms. The van der Waals surface area contributed by atoms with Gasteiger partial charge in [-0.3, -0.25) is 0 Å². The number of anilines is 1. The molecule has 1 aromatic rings. The minimum atomic E-state index is -0.662. The Bertz CT molecular complexity index is 281. The van der Waals surface area contributed by atoms with Crippen LogP contribution in [-0.4, -0.2) is 26.8 Å². The molecule has 14 heavy (non-hydrogen) atoms. The maximum absolute atomic E-state index is 9.79. The summed E-state index contributed by atoms with van der Waals surface area (Å²) in [5.41, 5.74) is -0.662. The second kappa shape index (κ2) is 4.46. The predicted octanol–water partition coefficient (Wildman–Crippen LogP) is 1.48. The van der Waals surface area contributed by atoms with Gasteiger partial charge in [0, 0.05) is 25.5 Å². The van der Waals surface area contributed by atoms with Crippen LogP contribution in [0.15, 0.2) is 12.4 Å². The zero-order chi connectivity index (χ0) is 10.6. The molecule has 0 aliphatic carbocycles. The maximum atomic E-state index is 9.79. The fraction of sp³-hybridized carbons (Fsp3) is 0.700. The fourth-order valence-electron chi connectivity index (χ4n) is 1.13. The van der Waals surface area contributed by atoms with E-state index in [4.69, 9.17) is 0 Å². The Morgan fingerprint density at radius 1 is 1.57 bits per heavy atom. The van der Waals surface area contributed by atoms with Crippen molar-refractivity contribution in [2.24, 2.45) is 0 Å². The summed E-state index contributed by atoms with van der Waals surface area (Å²) in [6, 6.07) is 0. The molecule has 1 aromatic heterocycles. The molecule has 80 valence electrons. The van der Waals surface area contributed by atoms with E-state index in [9.17, 15) is 5.11 Å². The molecule has 0 radical (unpaired) electrons. The van der Waals surface area contributed by atoms with E-state index in [-0.39, 0.29) is 0 Å². The zero-order valence-electron chi connectivity index (χ0n) is 9.12. The molecule has 0 aromatic carbocycles. The van der Waals surface area contributed by atoms with Gasteiger partial charge in [0.05, 0.1) is 5.60 Å². The Balaban J connectivity index is 2.53. The second-order valence-corrected chi connectivity index (χ2v) is 3.74. The summed E-state index contributed by atoms with van der Waals surface area (Å²) in [7, 11) is 0. The summed E-state index contributed by atoms with van der Waals surface area (Å²) in [5.74, 6) is 0.821. The van der Waals surface area contributed by atoms with E-state index in [0.717, 1.165) is 18.9 Å². The number of hydrogen-bond donors (Lipinski definition) is 2. The van der Waals surface area contributed by atoms with E-state index in [2.05, 4.69) is 17.2 Å². The van der Waals surface area contributed by atoms with E-state index in [0.29, 0.717) is 6.54 Å². The number of imidazole rings is 1. The number of rotatable bonds is 5. The van der Waals surface area contributed by atoms with Gasteiger partial charge in [0.2, 0.25) is 5.95 Å². The first-order valence-corrected chi connectivity index (χ1v) is 5.06. The SMILES string of the molecule is CCn1ccnc1NCC(C)(O)CC. The van der Waals surface area contributed by atoms with Gasteiger partial charge in [-0.05, 0) is 20.3 Å². The largest absolute Gasteiger partial charge is 0.388 e. The lowest BCUT2D eigenvalue weighted by molar-refractivity contribution is 0.0695.